The van der Waals surface area contributed by atoms with E-state index in [4.69, 9.17) is 16.3 Å². The number of benzene rings is 2. The molecule has 2 aliphatic rings. The molecule has 1 atom stereocenters. The van der Waals surface area contributed by atoms with Crippen molar-refractivity contribution in [2.75, 3.05) is 0 Å². The van der Waals surface area contributed by atoms with Gasteiger partial charge in [-0.3, -0.25) is 9.59 Å². The Morgan fingerprint density at radius 3 is 2.00 bits per heavy atom. The lowest BCUT2D eigenvalue weighted by atomic mass is 9.95. The van der Waals surface area contributed by atoms with E-state index in [-0.39, 0.29) is 11.6 Å². The molecule has 2 aromatic carbocycles. The molecule has 20 heavy (non-hydrogen) atoms. The van der Waals surface area contributed by atoms with Crippen LogP contribution in [0.1, 0.15) is 32.4 Å². The number of hydrogen-bond donors (Lipinski definition) is 0. The number of ether oxygens (including phenoxy) is 1. The van der Waals surface area contributed by atoms with E-state index in [2.05, 4.69) is 0 Å². The van der Waals surface area contributed by atoms with Crippen molar-refractivity contribution in [1.29, 1.82) is 0 Å². The van der Waals surface area contributed by atoms with Gasteiger partial charge in [0.1, 0.15) is 6.10 Å². The lowest BCUT2D eigenvalue weighted by Gasteiger charge is -2.00. The summed E-state index contributed by atoms with van der Waals surface area (Å²) in [6.45, 7) is 0. The normalized spacial score (nSPS) is 22.1. The molecular weight excluding hydrogens is 276 g/mol. The van der Waals surface area contributed by atoms with Gasteiger partial charge in [0.05, 0.1) is 0 Å². The molecule has 0 radical (unpaired) electrons. The number of epoxide rings is 1. The number of hydrogen-bond acceptors (Lipinski definition) is 3. The molecule has 4 heteroatoms. The number of halogens is 1. The number of ketones is 2. The van der Waals surface area contributed by atoms with E-state index < -0.39 is 11.7 Å². The number of rotatable bonds is 1. The standard InChI is InChI=1S/C16H9ClO3/c17-10-7-5-9(6-8-10)15-16(20-15)13(18)11-3-1-2-4-12(11)14(16)19/h1-8,15H/t15-/m1/s1. The Morgan fingerprint density at radius 2 is 1.45 bits per heavy atom. The monoisotopic (exact) mass is 284 g/mol. The van der Waals surface area contributed by atoms with Gasteiger partial charge in [-0.1, -0.05) is 48.0 Å². The molecule has 4 rings (SSSR count). The van der Waals surface area contributed by atoms with Crippen LogP contribution >= 0.6 is 11.6 Å². The van der Waals surface area contributed by atoms with Gasteiger partial charge in [0.15, 0.2) is 0 Å². The van der Waals surface area contributed by atoms with Crippen LogP contribution in [0.2, 0.25) is 5.02 Å². The molecule has 0 saturated carbocycles. The van der Waals surface area contributed by atoms with E-state index in [1.54, 1.807) is 48.5 Å². The van der Waals surface area contributed by atoms with Gasteiger partial charge in [0.2, 0.25) is 17.2 Å². The SMILES string of the molecule is O=C1c2ccccc2C(=O)C12O[C@@H]2c1ccc(Cl)cc1. The lowest BCUT2D eigenvalue weighted by molar-refractivity contribution is 0.0785. The van der Waals surface area contributed by atoms with Crippen LogP contribution < -0.4 is 0 Å². The lowest BCUT2D eigenvalue weighted by Crippen LogP contribution is -2.27. The van der Waals surface area contributed by atoms with Crippen molar-refractivity contribution in [3.63, 3.8) is 0 Å². The third-order valence-corrected chi connectivity index (χ3v) is 4.13. The number of carbonyl (C=O) groups excluding carboxylic acids is 2. The van der Waals surface area contributed by atoms with Crippen molar-refractivity contribution >= 4 is 23.2 Å². The highest BCUT2D eigenvalue weighted by molar-refractivity contribution is 6.34. The zero-order valence-electron chi connectivity index (χ0n) is 10.3. The fourth-order valence-electron chi connectivity index (χ4n) is 2.82. The van der Waals surface area contributed by atoms with E-state index in [1.165, 1.54) is 0 Å². The maximum absolute atomic E-state index is 12.5. The second-order valence-corrected chi connectivity index (χ2v) is 5.43. The summed E-state index contributed by atoms with van der Waals surface area (Å²) >= 11 is 5.84. The summed E-state index contributed by atoms with van der Waals surface area (Å²) < 4.78 is 5.56. The summed E-state index contributed by atoms with van der Waals surface area (Å²) in [6, 6.07) is 13.9. The Morgan fingerprint density at radius 1 is 0.900 bits per heavy atom. The predicted octanol–water partition coefficient (Wildman–Crippen LogP) is 3.23. The third-order valence-electron chi connectivity index (χ3n) is 3.88. The fraction of sp³-hybridized carbons (Fsp3) is 0.125. The van der Waals surface area contributed by atoms with Crippen LogP contribution in [-0.4, -0.2) is 17.2 Å². The summed E-state index contributed by atoms with van der Waals surface area (Å²) in [4.78, 5) is 24.9. The van der Waals surface area contributed by atoms with Gasteiger partial charge in [-0.05, 0) is 17.7 Å². The van der Waals surface area contributed by atoms with Crippen LogP contribution in [0.5, 0.6) is 0 Å². The Hall–Kier alpha value is -1.97. The summed E-state index contributed by atoms with van der Waals surface area (Å²) in [5.74, 6) is -0.476. The first-order valence-electron chi connectivity index (χ1n) is 6.26. The predicted molar refractivity (Wildman–Crippen MR) is 73.1 cm³/mol. The summed E-state index contributed by atoms with van der Waals surface area (Å²) in [5.41, 5.74) is 0.365. The molecule has 1 spiro atoms. The molecular formula is C16H9ClO3. The van der Waals surface area contributed by atoms with Crippen LogP contribution in [-0.2, 0) is 4.74 Å². The Kier molecular flexibility index (Phi) is 2.23. The topological polar surface area (TPSA) is 46.7 Å². The van der Waals surface area contributed by atoms with Crippen molar-refractivity contribution in [3.8, 4) is 0 Å². The van der Waals surface area contributed by atoms with Crippen molar-refractivity contribution in [1.82, 2.24) is 0 Å². The van der Waals surface area contributed by atoms with Gasteiger partial charge >= 0.3 is 0 Å². The van der Waals surface area contributed by atoms with Crippen LogP contribution in [0, 0.1) is 0 Å². The van der Waals surface area contributed by atoms with E-state index >= 15 is 0 Å². The highest BCUT2D eigenvalue weighted by atomic mass is 35.5. The largest absolute Gasteiger partial charge is 0.344 e. The molecule has 1 fully saturated rings. The molecule has 1 saturated heterocycles. The molecule has 0 amide bonds. The van der Waals surface area contributed by atoms with Crippen molar-refractivity contribution in [2.45, 2.75) is 11.7 Å². The quantitative estimate of drug-likeness (QED) is 0.597. The third kappa shape index (κ3) is 1.34. The molecule has 0 N–H and O–H groups in total. The van der Waals surface area contributed by atoms with Gasteiger partial charge in [0.25, 0.3) is 0 Å². The second-order valence-electron chi connectivity index (χ2n) is 4.99. The zero-order valence-corrected chi connectivity index (χ0v) is 11.1. The van der Waals surface area contributed by atoms with Gasteiger partial charge in [-0.15, -0.1) is 0 Å². The Labute approximate surface area is 120 Å². The molecule has 2 aromatic rings. The van der Waals surface area contributed by atoms with Crippen LogP contribution in [0.4, 0.5) is 0 Å². The van der Waals surface area contributed by atoms with Crippen LogP contribution in [0.25, 0.3) is 0 Å². The smallest absolute Gasteiger partial charge is 0.224 e. The number of Topliss-reactive ketones (excluding diaryl/α,β-unsaturated/α-hetero) is 2. The van der Waals surface area contributed by atoms with Crippen molar-refractivity contribution in [2.24, 2.45) is 0 Å². The highest BCUT2D eigenvalue weighted by Crippen LogP contribution is 2.56. The number of fused-ring (bicyclic) bond motifs is 1. The van der Waals surface area contributed by atoms with Crippen LogP contribution in [0.15, 0.2) is 48.5 Å². The minimum atomic E-state index is -1.34. The first-order chi connectivity index (χ1) is 9.64. The first kappa shape index (κ1) is 11.8. The average molecular weight is 285 g/mol. The maximum atomic E-state index is 12.5. The molecule has 98 valence electrons. The van der Waals surface area contributed by atoms with Crippen molar-refractivity contribution in [3.05, 3.63) is 70.2 Å². The molecule has 1 aliphatic carbocycles. The molecule has 0 bridgehead atoms. The molecule has 0 unspecified atom stereocenters. The molecule has 0 aromatic heterocycles. The van der Waals surface area contributed by atoms with Crippen molar-refractivity contribution < 1.29 is 14.3 Å². The molecule has 3 nitrogen and oxygen atoms in total. The molecule has 1 heterocycles. The van der Waals surface area contributed by atoms with E-state index in [1.807, 2.05) is 0 Å². The average Bonchev–Trinajstić information content (AvgIpc) is 3.19. The maximum Gasteiger partial charge on any atom is 0.224 e. The fourth-order valence-corrected chi connectivity index (χ4v) is 2.95. The van der Waals surface area contributed by atoms with Gasteiger partial charge in [0, 0.05) is 16.1 Å². The zero-order chi connectivity index (χ0) is 13.9. The van der Waals surface area contributed by atoms with E-state index in [0.717, 1.165) is 5.56 Å². The van der Waals surface area contributed by atoms with E-state index in [9.17, 15) is 9.59 Å². The summed E-state index contributed by atoms with van der Waals surface area (Å²) in [5, 5.41) is 0.607. The highest BCUT2D eigenvalue weighted by Gasteiger charge is 2.71. The minimum absolute atomic E-state index is 0.238. The van der Waals surface area contributed by atoms with Crippen LogP contribution in [0.3, 0.4) is 0 Å². The van der Waals surface area contributed by atoms with E-state index in [0.29, 0.717) is 16.1 Å². The Balaban J connectivity index is 1.77. The first-order valence-corrected chi connectivity index (χ1v) is 6.64. The Bertz CT molecular complexity index is 714. The van der Waals surface area contributed by atoms with Gasteiger partial charge in [-0.2, -0.15) is 0 Å². The molecule has 1 aliphatic heterocycles. The minimum Gasteiger partial charge on any atom is -0.344 e. The second kappa shape index (κ2) is 3.78. The van der Waals surface area contributed by atoms with Gasteiger partial charge in [-0.25, -0.2) is 0 Å². The summed E-state index contributed by atoms with van der Waals surface area (Å²) in [7, 11) is 0. The number of carbonyl (C=O) groups is 2. The summed E-state index contributed by atoms with van der Waals surface area (Å²) in [6.07, 6.45) is -0.507. The van der Waals surface area contributed by atoms with Gasteiger partial charge < -0.3 is 4.74 Å².